The quantitative estimate of drug-likeness (QED) is 0.678. The van der Waals surface area contributed by atoms with Crippen molar-refractivity contribution in [1.29, 1.82) is 0 Å². The van der Waals surface area contributed by atoms with Gasteiger partial charge in [-0.25, -0.2) is 4.57 Å². The zero-order chi connectivity index (χ0) is 14.2. The minimum Gasteiger partial charge on any atom is -0.201 e. The van der Waals surface area contributed by atoms with E-state index in [4.69, 9.17) is 4.11 Å². The maximum absolute atomic E-state index is 8.03. The normalized spacial score (nSPS) is 14.1. The number of rotatable bonds is 2. The van der Waals surface area contributed by atoms with Gasteiger partial charge in [0.25, 0.3) is 0 Å². The predicted octanol–water partition coefficient (Wildman–Crippen LogP) is 3.05. The molecular formula is C15H18N+. The van der Waals surface area contributed by atoms with Crippen LogP contribution in [0.4, 0.5) is 0 Å². The molecule has 0 spiro atoms. The molecule has 0 amide bonds. The maximum Gasteiger partial charge on any atom is 0.212 e. The summed E-state index contributed by atoms with van der Waals surface area (Å²) < 4.78 is 25.4. The zero-order valence-electron chi connectivity index (χ0n) is 12.9. The van der Waals surface area contributed by atoms with Crippen LogP contribution < -0.4 is 4.57 Å². The van der Waals surface area contributed by atoms with E-state index in [2.05, 4.69) is 0 Å². The second kappa shape index (κ2) is 4.48. The maximum atomic E-state index is 8.03. The molecule has 0 aliphatic heterocycles. The van der Waals surface area contributed by atoms with E-state index < -0.39 is 6.37 Å². The molecule has 1 aromatic heterocycles. The summed E-state index contributed by atoms with van der Waals surface area (Å²) in [4.78, 5) is 0. The number of benzene rings is 1. The Morgan fingerprint density at radius 2 is 2.06 bits per heavy atom. The Kier molecular flexibility index (Phi) is 2.13. The van der Waals surface area contributed by atoms with Crippen LogP contribution in [-0.4, -0.2) is 0 Å². The molecule has 1 heteroatoms. The third-order valence-corrected chi connectivity index (χ3v) is 2.76. The first-order chi connectivity index (χ1) is 8.80. The molecule has 2 aromatic rings. The first kappa shape index (κ1) is 7.61. The summed E-state index contributed by atoms with van der Waals surface area (Å²) >= 11 is 0. The summed E-state index contributed by atoms with van der Waals surface area (Å²) in [6.45, 7) is 3.51. The number of aromatic nitrogens is 1. The van der Waals surface area contributed by atoms with Crippen LogP contribution in [0, 0.1) is 6.92 Å². The van der Waals surface area contributed by atoms with Crippen LogP contribution in [-0.2, 0) is 13.4 Å². The molecule has 0 aliphatic carbocycles. The van der Waals surface area contributed by atoms with Crippen LogP contribution in [0.3, 0.4) is 0 Å². The molecule has 0 saturated carbocycles. The van der Waals surface area contributed by atoms with E-state index in [1.54, 1.807) is 12.3 Å². The van der Waals surface area contributed by atoms with Gasteiger partial charge in [-0.15, -0.1) is 0 Å². The minimum absolute atomic E-state index is 0.240. The van der Waals surface area contributed by atoms with Gasteiger partial charge in [0.1, 0.15) is 7.05 Å². The van der Waals surface area contributed by atoms with Crippen molar-refractivity contribution in [3.63, 3.8) is 0 Å². The van der Waals surface area contributed by atoms with E-state index >= 15 is 0 Å². The lowest BCUT2D eigenvalue weighted by molar-refractivity contribution is -0.660. The summed E-state index contributed by atoms with van der Waals surface area (Å²) in [6.07, 6.45) is 0.212. The number of hydrogen-bond donors (Lipinski definition) is 0. The summed E-state index contributed by atoms with van der Waals surface area (Å²) in [5.74, 6) is 0. The fraction of sp³-hybridized carbons (Fsp3) is 0.267. The van der Waals surface area contributed by atoms with E-state index in [1.165, 1.54) is 6.92 Å². The van der Waals surface area contributed by atoms with Gasteiger partial charge in [-0.2, -0.15) is 0 Å². The second-order valence-corrected chi connectivity index (χ2v) is 3.89. The molecule has 1 aromatic carbocycles. The number of pyridine rings is 1. The average Bonchev–Trinajstić information content (AvgIpc) is 2.31. The lowest BCUT2D eigenvalue weighted by Crippen LogP contribution is -2.31. The van der Waals surface area contributed by atoms with Crippen LogP contribution in [0.2, 0.25) is 0 Å². The van der Waals surface area contributed by atoms with E-state index in [0.717, 1.165) is 16.8 Å². The highest BCUT2D eigenvalue weighted by molar-refractivity contribution is 5.60. The van der Waals surface area contributed by atoms with Crippen LogP contribution in [0.15, 0.2) is 42.6 Å². The van der Waals surface area contributed by atoms with Gasteiger partial charge < -0.3 is 0 Å². The predicted molar refractivity (Wildman–Crippen MR) is 67.2 cm³/mol. The number of hydrogen-bond acceptors (Lipinski definition) is 0. The second-order valence-electron chi connectivity index (χ2n) is 3.89. The number of nitrogens with zero attached hydrogens (tertiary/aromatic N) is 1. The first-order valence-corrected chi connectivity index (χ1v) is 5.37. The molecule has 0 bridgehead atoms. The minimum atomic E-state index is -1.50. The lowest BCUT2D eigenvalue weighted by atomic mass is 10.0. The van der Waals surface area contributed by atoms with Crippen molar-refractivity contribution in [2.24, 2.45) is 7.05 Å². The van der Waals surface area contributed by atoms with Crippen molar-refractivity contribution in [3.05, 3.63) is 53.7 Å². The topological polar surface area (TPSA) is 3.88 Å². The van der Waals surface area contributed by atoms with Crippen LogP contribution in [0.1, 0.15) is 22.2 Å². The van der Waals surface area contributed by atoms with Crippen molar-refractivity contribution < 1.29 is 8.68 Å². The molecule has 0 aliphatic rings. The van der Waals surface area contributed by atoms with Gasteiger partial charge >= 0.3 is 0 Å². The Morgan fingerprint density at radius 3 is 2.75 bits per heavy atom. The molecule has 0 N–H and O–H groups in total. The summed E-state index contributed by atoms with van der Waals surface area (Å²) in [5.41, 5.74) is 3.55. The lowest BCUT2D eigenvalue weighted by Gasteiger charge is -2.04. The molecule has 1 nitrogen and oxygen atoms in total. The largest absolute Gasteiger partial charge is 0.212 e. The van der Waals surface area contributed by atoms with Gasteiger partial charge in [-0.3, -0.25) is 0 Å². The highest BCUT2D eigenvalue weighted by Gasteiger charge is 2.11. The van der Waals surface area contributed by atoms with Crippen LogP contribution in [0.5, 0.6) is 0 Å². The smallest absolute Gasteiger partial charge is 0.201 e. The highest BCUT2D eigenvalue weighted by Crippen LogP contribution is 2.19. The van der Waals surface area contributed by atoms with Gasteiger partial charge in [0.15, 0.2) is 6.20 Å². The molecule has 16 heavy (non-hydrogen) atoms. The van der Waals surface area contributed by atoms with Crippen molar-refractivity contribution in [1.82, 2.24) is 0 Å². The van der Waals surface area contributed by atoms with E-state index in [9.17, 15) is 0 Å². The molecule has 0 saturated heterocycles. The van der Waals surface area contributed by atoms with E-state index in [-0.39, 0.29) is 6.04 Å². The van der Waals surface area contributed by atoms with Crippen molar-refractivity contribution in [3.8, 4) is 11.3 Å². The van der Waals surface area contributed by atoms with Crippen LogP contribution in [0.25, 0.3) is 11.3 Å². The molecule has 1 heterocycles. The van der Waals surface area contributed by atoms with Crippen molar-refractivity contribution >= 4 is 0 Å². The van der Waals surface area contributed by atoms with E-state index in [1.807, 2.05) is 42.8 Å². The molecule has 0 unspecified atom stereocenters. The van der Waals surface area contributed by atoms with Crippen LogP contribution >= 0.6 is 0 Å². The SMILES string of the molecule is [2H]c1cc(-c2ccccc2C)[n+](C)cc1C([2H])([2H])C. The molecular weight excluding hydrogens is 194 g/mol. The molecule has 0 radical (unpaired) electrons. The van der Waals surface area contributed by atoms with Gasteiger partial charge in [-0.05, 0) is 31.0 Å². The van der Waals surface area contributed by atoms with Crippen molar-refractivity contribution in [2.45, 2.75) is 20.2 Å². The zero-order valence-corrected chi connectivity index (χ0v) is 9.91. The third kappa shape index (κ3) is 1.99. The fourth-order valence-corrected chi connectivity index (χ4v) is 1.81. The summed E-state index contributed by atoms with van der Waals surface area (Å²) in [6, 6.07) is 9.98. The summed E-state index contributed by atoms with van der Waals surface area (Å²) in [7, 11) is 1.89. The van der Waals surface area contributed by atoms with Crippen molar-refractivity contribution in [2.75, 3.05) is 0 Å². The molecule has 82 valence electrons. The van der Waals surface area contributed by atoms with Gasteiger partial charge in [0, 0.05) is 19.9 Å². The first-order valence-electron chi connectivity index (χ1n) is 6.87. The van der Waals surface area contributed by atoms with Gasteiger partial charge in [0.05, 0.1) is 1.37 Å². The monoisotopic (exact) mass is 215 g/mol. The molecule has 0 fully saturated rings. The molecule has 0 atom stereocenters. The highest BCUT2D eigenvalue weighted by atomic mass is 14.9. The Morgan fingerprint density at radius 1 is 1.31 bits per heavy atom. The Labute approximate surface area is 102 Å². The average molecular weight is 215 g/mol. The van der Waals surface area contributed by atoms with Gasteiger partial charge in [0.2, 0.25) is 5.69 Å². The Balaban J connectivity index is 2.63. The van der Waals surface area contributed by atoms with E-state index in [0.29, 0.717) is 5.56 Å². The Bertz CT molecular complexity index is 615. The molecule has 2 rings (SSSR count). The fourth-order valence-electron chi connectivity index (χ4n) is 1.81. The van der Waals surface area contributed by atoms with Gasteiger partial charge in [-0.1, -0.05) is 25.1 Å². The summed E-state index contributed by atoms with van der Waals surface area (Å²) in [5, 5.41) is 0. The Hall–Kier alpha value is -1.63. The third-order valence-electron chi connectivity index (χ3n) is 2.76. The standard InChI is InChI=1S/C15H18N/c1-4-13-9-10-15(16(3)11-13)14-8-6-5-7-12(14)2/h5-11H,4H2,1-3H3/q+1/i4D2,9D. The number of aryl methyl sites for hydroxylation is 3.